The molecular weight excluding hydrogens is 300 g/mol. The number of aliphatic hydroxyl groups excluding tert-OH is 3. The molecule has 0 amide bonds. The second kappa shape index (κ2) is 6.81. The van der Waals surface area contributed by atoms with Gasteiger partial charge in [-0.05, 0) is 0 Å². The zero-order valence-electron chi connectivity index (χ0n) is 12.0. The molecule has 120 valence electrons. The van der Waals surface area contributed by atoms with Crippen molar-refractivity contribution in [2.24, 2.45) is 0 Å². The van der Waals surface area contributed by atoms with Crippen molar-refractivity contribution in [2.45, 2.75) is 30.6 Å². The van der Waals surface area contributed by atoms with Crippen molar-refractivity contribution in [1.82, 2.24) is 9.36 Å². The van der Waals surface area contributed by atoms with E-state index in [0.717, 1.165) is 11.5 Å². The van der Waals surface area contributed by atoms with E-state index in [4.69, 9.17) is 14.6 Å². The zero-order chi connectivity index (χ0) is 15.6. The minimum atomic E-state index is -1.22. The monoisotopic (exact) mass is 320 g/mol. The van der Waals surface area contributed by atoms with Gasteiger partial charge in [0.2, 0.25) is 11.1 Å². The van der Waals surface area contributed by atoms with Crippen molar-refractivity contribution in [2.75, 3.05) is 38.0 Å². The van der Waals surface area contributed by atoms with E-state index >= 15 is 0 Å². The largest absolute Gasteiger partial charge is 0.394 e. The van der Waals surface area contributed by atoms with Crippen molar-refractivity contribution in [3.05, 3.63) is 0 Å². The topological polar surface area (TPSA) is 120 Å². The summed E-state index contributed by atoms with van der Waals surface area (Å²) in [4.78, 5) is 5.99. The van der Waals surface area contributed by atoms with Crippen molar-refractivity contribution in [3.63, 3.8) is 0 Å². The Balaban J connectivity index is 2.12. The van der Waals surface area contributed by atoms with Crippen LogP contribution in [0.5, 0.6) is 0 Å². The number of methoxy groups -OCH3 is 1. The number of aromatic nitrogens is 2. The third-order valence-corrected chi connectivity index (χ3v) is 3.86. The van der Waals surface area contributed by atoms with E-state index in [1.807, 2.05) is 14.1 Å². The fraction of sp³-hybridized carbons (Fsp3) is 0.818. The fourth-order valence-electron chi connectivity index (χ4n) is 2.04. The molecular formula is C11H20N4O5S. The molecule has 0 saturated carbocycles. The Morgan fingerprint density at radius 1 is 1.38 bits per heavy atom. The lowest BCUT2D eigenvalue weighted by molar-refractivity contribution is -0.254. The van der Waals surface area contributed by atoms with Gasteiger partial charge in [0.05, 0.1) is 6.61 Å². The minimum absolute atomic E-state index is 0.408. The number of aliphatic hydroxyl groups is 3. The summed E-state index contributed by atoms with van der Waals surface area (Å²) in [6.07, 6.45) is -4.12. The van der Waals surface area contributed by atoms with Gasteiger partial charge in [0, 0.05) is 32.7 Å². The number of anilines is 2. The molecule has 2 rings (SSSR count). The molecule has 9 nitrogen and oxygen atoms in total. The summed E-state index contributed by atoms with van der Waals surface area (Å²) < 4.78 is 14.7. The zero-order valence-corrected chi connectivity index (χ0v) is 12.8. The lowest BCUT2D eigenvalue weighted by atomic mass is 9.97. The van der Waals surface area contributed by atoms with Crippen LogP contribution in [0.4, 0.5) is 11.1 Å². The molecule has 2 heterocycles. The molecule has 1 saturated heterocycles. The summed E-state index contributed by atoms with van der Waals surface area (Å²) >= 11 is 1.13. The van der Waals surface area contributed by atoms with Gasteiger partial charge in [0.15, 0.2) is 6.29 Å². The predicted molar refractivity (Wildman–Crippen MR) is 76.4 cm³/mol. The molecule has 1 aromatic heterocycles. The quantitative estimate of drug-likeness (QED) is 0.512. The molecule has 1 fully saturated rings. The van der Waals surface area contributed by atoms with E-state index in [0.29, 0.717) is 11.1 Å². The fourth-order valence-corrected chi connectivity index (χ4v) is 2.72. The number of nitrogens with zero attached hydrogens (tertiary/aromatic N) is 3. The van der Waals surface area contributed by atoms with E-state index in [1.54, 1.807) is 4.90 Å². The maximum absolute atomic E-state index is 10.2. The van der Waals surface area contributed by atoms with Crippen LogP contribution in [0, 0.1) is 0 Å². The highest BCUT2D eigenvalue weighted by Crippen LogP contribution is 2.26. The van der Waals surface area contributed by atoms with Gasteiger partial charge >= 0.3 is 0 Å². The van der Waals surface area contributed by atoms with Gasteiger partial charge in [-0.3, -0.25) is 0 Å². The lowest BCUT2D eigenvalue weighted by Gasteiger charge is -2.41. The van der Waals surface area contributed by atoms with Gasteiger partial charge in [-0.25, -0.2) is 0 Å². The van der Waals surface area contributed by atoms with Gasteiger partial charge in [-0.1, -0.05) is 0 Å². The Labute approximate surface area is 126 Å². The number of rotatable bonds is 5. The van der Waals surface area contributed by atoms with Crippen LogP contribution >= 0.6 is 11.5 Å². The summed E-state index contributed by atoms with van der Waals surface area (Å²) in [6.45, 7) is -0.408. The maximum Gasteiger partial charge on any atom is 0.238 e. The van der Waals surface area contributed by atoms with Gasteiger partial charge in [0.1, 0.15) is 24.4 Å². The molecule has 21 heavy (non-hydrogen) atoms. The summed E-state index contributed by atoms with van der Waals surface area (Å²) in [7, 11) is 5.06. The number of ether oxygens (including phenoxy) is 2. The average molecular weight is 320 g/mol. The predicted octanol–water partition coefficient (Wildman–Crippen LogP) is -1.53. The van der Waals surface area contributed by atoms with Crippen LogP contribution in [0.1, 0.15) is 0 Å². The molecule has 5 atom stereocenters. The highest BCUT2D eigenvalue weighted by molar-refractivity contribution is 7.09. The standard InChI is InChI=1S/C11H20N4O5S/c1-15(2)10-13-11(21-14-10)12-6-8(18)7(17)5(4-16)20-9(6)19-3/h5-9,16-18H,4H2,1-3H3,(H,12,13,14)/t5-,6?,7+,8-,9+/m1/s1. The summed E-state index contributed by atoms with van der Waals surface area (Å²) in [6, 6.07) is -0.726. The normalized spacial score (nSPS) is 33.0. The van der Waals surface area contributed by atoms with Crippen LogP contribution in [0.25, 0.3) is 0 Å². The SMILES string of the molecule is CO[C@H]1O[C@H](CO)[C@H](O)[C@H](O)C1Nc1nc(N(C)C)ns1. The molecule has 1 unspecified atom stereocenters. The first-order chi connectivity index (χ1) is 9.97. The van der Waals surface area contributed by atoms with Gasteiger partial charge < -0.3 is 35.0 Å². The molecule has 0 bridgehead atoms. The maximum atomic E-state index is 10.2. The first-order valence-electron chi connectivity index (χ1n) is 6.40. The first kappa shape index (κ1) is 16.3. The highest BCUT2D eigenvalue weighted by Gasteiger charge is 2.44. The second-order valence-corrected chi connectivity index (χ2v) is 5.66. The average Bonchev–Trinajstić information content (AvgIpc) is 2.93. The first-order valence-corrected chi connectivity index (χ1v) is 7.18. The van der Waals surface area contributed by atoms with Crippen LogP contribution in [-0.2, 0) is 9.47 Å². The van der Waals surface area contributed by atoms with Crippen LogP contribution in [0.3, 0.4) is 0 Å². The third kappa shape index (κ3) is 3.42. The Hall–Kier alpha value is -1.04. The second-order valence-electron chi connectivity index (χ2n) is 4.91. The Bertz CT molecular complexity index is 458. The highest BCUT2D eigenvalue weighted by atomic mass is 32.1. The molecule has 0 spiro atoms. The van der Waals surface area contributed by atoms with Crippen molar-refractivity contribution in [3.8, 4) is 0 Å². The van der Waals surface area contributed by atoms with Gasteiger partial charge in [0.25, 0.3) is 0 Å². The lowest BCUT2D eigenvalue weighted by Crippen LogP contribution is -2.61. The molecule has 4 N–H and O–H groups in total. The Morgan fingerprint density at radius 2 is 2.10 bits per heavy atom. The number of hydrogen-bond donors (Lipinski definition) is 4. The molecule has 0 aliphatic carbocycles. The third-order valence-electron chi connectivity index (χ3n) is 3.22. The summed E-state index contributed by atoms with van der Waals surface area (Å²) in [5.41, 5.74) is 0. The molecule has 0 aromatic carbocycles. The van der Waals surface area contributed by atoms with Crippen LogP contribution < -0.4 is 10.2 Å². The molecule has 1 aliphatic rings. The smallest absolute Gasteiger partial charge is 0.238 e. The number of nitrogens with one attached hydrogen (secondary N) is 1. The summed E-state index contributed by atoms with van der Waals surface area (Å²) in [5, 5.41) is 32.7. The van der Waals surface area contributed by atoms with E-state index in [2.05, 4.69) is 14.7 Å². The molecule has 1 aromatic rings. The van der Waals surface area contributed by atoms with E-state index < -0.39 is 37.3 Å². The van der Waals surface area contributed by atoms with Crippen LogP contribution in [0.15, 0.2) is 0 Å². The van der Waals surface area contributed by atoms with Crippen molar-refractivity contribution in [1.29, 1.82) is 0 Å². The van der Waals surface area contributed by atoms with Crippen molar-refractivity contribution >= 4 is 22.6 Å². The number of hydrogen-bond acceptors (Lipinski definition) is 10. The Kier molecular flexibility index (Phi) is 5.30. The summed E-state index contributed by atoms with van der Waals surface area (Å²) in [5.74, 6) is 0.538. The molecule has 1 aliphatic heterocycles. The van der Waals surface area contributed by atoms with E-state index in [1.165, 1.54) is 7.11 Å². The van der Waals surface area contributed by atoms with Gasteiger partial charge in [-0.15, -0.1) is 0 Å². The Morgan fingerprint density at radius 3 is 2.62 bits per heavy atom. The van der Waals surface area contributed by atoms with Crippen LogP contribution in [-0.4, -0.2) is 83.1 Å². The van der Waals surface area contributed by atoms with Gasteiger partial charge in [-0.2, -0.15) is 9.36 Å². The molecule has 0 radical (unpaired) electrons. The molecule has 10 heteroatoms. The van der Waals surface area contributed by atoms with Crippen molar-refractivity contribution < 1.29 is 24.8 Å². The van der Waals surface area contributed by atoms with E-state index in [-0.39, 0.29) is 0 Å². The minimum Gasteiger partial charge on any atom is -0.394 e. The van der Waals surface area contributed by atoms with E-state index in [9.17, 15) is 10.2 Å². The van der Waals surface area contributed by atoms with Crippen LogP contribution in [0.2, 0.25) is 0 Å².